The van der Waals surface area contributed by atoms with E-state index in [9.17, 15) is 18.0 Å². The van der Waals surface area contributed by atoms with E-state index in [2.05, 4.69) is 5.32 Å². The molecule has 0 saturated heterocycles. The number of carbonyl (C=O) groups is 2. The maximum atomic E-state index is 14.2. The van der Waals surface area contributed by atoms with Crippen molar-refractivity contribution >= 4 is 27.5 Å². The third-order valence-electron chi connectivity index (χ3n) is 7.20. The highest BCUT2D eigenvalue weighted by Crippen LogP contribution is 2.33. The van der Waals surface area contributed by atoms with Crippen molar-refractivity contribution in [2.24, 2.45) is 0 Å². The Kier molecular flexibility index (Phi) is 12.0. The van der Waals surface area contributed by atoms with Crippen LogP contribution in [0.2, 0.25) is 0 Å². The van der Waals surface area contributed by atoms with Crippen LogP contribution in [0.4, 0.5) is 5.69 Å². The van der Waals surface area contributed by atoms with Gasteiger partial charge in [-0.1, -0.05) is 49.7 Å². The van der Waals surface area contributed by atoms with E-state index >= 15 is 0 Å². The number of ether oxygens (including phenoxy) is 2. The van der Waals surface area contributed by atoms with Gasteiger partial charge in [-0.3, -0.25) is 13.9 Å². The minimum atomic E-state index is -4.25. The Morgan fingerprint density at radius 1 is 0.907 bits per heavy atom. The lowest BCUT2D eigenvalue weighted by molar-refractivity contribution is -0.138. The third kappa shape index (κ3) is 8.73. The molecule has 0 aliphatic carbocycles. The van der Waals surface area contributed by atoms with E-state index in [4.69, 9.17) is 9.47 Å². The fourth-order valence-corrected chi connectivity index (χ4v) is 6.25. The van der Waals surface area contributed by atoms with Gasteiger partial charge < -0.3 is 19.7 Å². The maximum Gasteiger partial charge on any atom is 0.264 e. The molecule has 1 atom stereocenters. The van der Waals surface area contributed by atoms with Gasteiger partial charge in [-0.25, -0.2) is 8.42 Å². The summed E-state index contributed by atoms with van der Waals surface area (Å²) in [6.45, 7) is 7.69. The zero-order chi connectivity index (χ0) is 31.6. The summed E-state index contributed by atoms with van der Waals surface area (Å²) in [5.74, 6) is -0.143. The Morgan fingerprint density at radius 2 is 1.56 bits per heavy atom. The second kappa shape index (κ2) is 15.4. The Labute approximate surface area is 255 Å². The number of sulfonamides is 1. The molecule has 2 amide bonds. The van der Waals surface area contributed by atoms with Crippen molar-refractivity contribution in [2.45, 2.75) is 57.9 Å². The molecule has 3 aromatic rings. The summed E-state index contributed by atoms with van der Waals surface area (Å²) in [6, 6.07) is 18.6. The second-order valence-corrected chi connectivity index (χ2v) is 12.4. The molecule has 0 heterocycles. The van der Waals surface area contributed by atoms with Gasteiger partial charge in [-0.15, -0.1) is 0 Å². The molecular formula is C33H43N3O6S. The van der Waals surface area contributed by atoms with Crippen LogP contribution in [0.25, 0.3) is 0 Å². The zero-order valence-corrected chi connectivity index (χ0v) is 26.7. The van der Waals surface area contributed by atoms with Crippen LogP contribution in [0.15, 0.2) is 71.6 Å². The number of benzene rings is 3. The number of rotatable bonds is 15. The number of carbonyl (C=O) groups excluding carboxylic acids is 2. The Morgan fingerprint density at radius 3 is 2.16 bits per heavy atom. The van der Waals surface area contributed by atoms with Gasteiger partial charge in [0.05, 0.1) is 24.8 Å². The number of amides is 2. The molecule has 43 heavy (non-hydrogen) atoms. The Balaban J connectivity index is 2.03. The summed E-state index contributed by atoms with van der Waals surface area (Å²) >= 11 is 0. The molecule has 0 spiro atoms. The SMILES string of the molecule is CCCCNC(=O)C(C)N(CCc1ccccc1)C(=O)CN(c1cc(C)cc(C)c1)S(=O)(=O)c1ccc(OC)c(OC)c1. The first-order chi connectivity index (χ1) is 20.5. The van der Waals surface area contributed by atoms with Gasteiger partial charge in [0.15, 0.2) is 11.5 Å². The molecule has 0 aromatic heterocycles. The lowest BCUT2D eigenvalue weighted by Gasteiger charge is -2.32. The first-order valence-corrected chi connectivity index (χ1v) is 15.9. The average molecular weight is 610 g/mol. The van der Waals surface area contributed by atoms with Crippen molar-refractivity contribution in [2.75, 3.05) is 38.2 Å². The number of anilines is 1. The quantitative estimate of drug-likeness (QED) is 0.246. The van der Waals surface area contributed by atoms with Gasteiger partial charge in [0, 0.05) is 19.2 Å². The molecule has 10 heteroatoms. The van der Waals surface area contributed by atoms with Crippen LogP contribution in [-0.4, -0.2) is 65.0 Å². The number of aryl methyl sites for hydroxylation is 2. The van der Waals surface area contributed by atoms with E-state index < -0.39 is 28.5 Å². The Hall–Kier alpha value is -4.05. The van der Waals surface area contributed by atoms with Crippen molar-refractivity contribution in [3.05, 3.63) is 83.4 Å². The Bertz CT molecular complexity index is 1470. The van der Waals surface area contributed by atoms with Gasteiger partial charge in [-0.2, -0.15) is 0 Å². The monoisotopic (exact) mass is 609 g/mol. The predicted octanol–water partition coefficient (Wildman–Crippen LogP) is 4.89. The number of hydrogen-bond donors (Lipinski definition) is 1. The minimum Gasteiger partial charge on any atom is -0.493 e. The molecular weight excluding hydrogens is 566 g/mol. The molecule has 0 aliphatic rings. The highest BCUT2D eigenvalue weighted by molar-refractivity contribution is 7.92. The summed E-state index contributed by atoms with van der Waals surface area (Å²) in [6.07, 6.45) is 2.25. The molecule has 3 rings (SSSR count). The topological polar surface area (TPSA) is 105 Å². The van der Waals surface area contributed by atoms with Crippen LogP contribution in [0.5, 0.6) is 11.5 Å². The fraction of sp³-hybridized carbons (Fsp3) is 0.394. The zero-order valence-electron chi connectivity index (χ0n) is 25.9. The second-order valence-electron chi connectivity index (χ2n) is 10.5. The van der Waals surface area contributed by atoms with E-state index in [1.54, 1.807) is 19.1 Å². The first-order valence-electron chi connectivity index (χ1n) is 14.5. The first kappa shape index (κ1) is 33.5. The molecule has 232 valence electrons. The molecule has 0 aliphatic heterocycles. The van der Waals surface area contributed by atoms with Crippen molar-refractivity contribution in [3.63, 3.8) is 0 Å². The molecule has 0 bridgehead atoms. The molecule has 1 unspecified atom stereocenters. The number of methoxy groups -OCH3 is 2. The number of nitrogens with one attached hydrogen (secondary N) is 1. The maximum absolute atomic E-state index is 14.2. The van der Waals surface area contributed by atoms with E-state index in [1.165, 1.54) is 37.3 Å². The normalized spacial score (nSPS) is 11.9. The van der Waals surface area contributed by atoms with E-state index in [-0.39, 0.29) is 23.1 Å². The minimum absolute atomic E-state index is 0.0571. The summed E-state index contributed by atoms with van der Waals surface area (Å²) in [4.78, 5) is 28.6. The summed E-state index contributed by atoms with van der Waals surface area (Å²) in [7, 11) is -1.36. The highest BCUT2D eigenvalue weighted by atomic mass is 32.2. The van der Waals surface area contributed by atoms with Crippen LogP contribution < -0.4 is 19.1 Å². The highest BCUT2D eigenvalue weighted by Gasteiger charge is 2.33. The van der Waals surface area contributed by atoms with Crippen LogP contribution in [0.1, 0.15) is 43.4 Å². The van der Waals surface area contributed by atoms with Gasteiger partial charge in [-0.05, 0) is 74.6 Å². The van der Waals surface area contributed by atoms with Gasteiger partial charge in [0.2, 0.25) is 11.8 Å². The molecule has 3 aromatic carbocycles. The van der Waals surface area contributed by atoms with E-state index in [0.29, 0.717) is 24.4 Å². The lowest BCUT2D eigenvalue weighted by atomic mass is 10.1. The average Bonchev–Trinajstić information content (AvgIpc) is 2.99. The number of unbranched alkanes of at least 4 members (excludes halogenated alkanes) is 1. The van der Waals surface area contributed by atoms with Crippen molar-refractivity contribution in [1.82, 2.24) is 10.2 Å². The van der Waals surface area contributed by atoms with Crippen molar-refractivity contribution in [1.29, 1.82) is 0 Å². The number of hydrogen-bond acceptors (Lipinski definition) is 6. The van der Waals surface area contributed by atoms with Gasteiger partial charge in [0.1, 0.15) is 12.6 Å². The van der Waals surface area contributed by atoms with Crippen molar-refractivity contribution in [3.8, 4) is 11.5 Å². The summed E-state index contributed by atoms with van der Waals surface area (Å²) < 4.78 is 40.2. The molecule has 0 fully saturated rings. The third-order valence-corrected chi connectivity index (χ3v) is 8.97. The molecule has 1 N–H and O–H groups in total. The largest absolute Gasteiger partial charge is 0.493 e. The molecule has 9 nitrogen and oxygen atoms in total. The summed E-state index contributed by atoms with van der Waals surface area (Å²) in [5.41, 5.74) is 3.05. The fourth-order valence-electron chi connectivity index (χ4n) is 4.83. The van der Waals surface area contributed by atoms with Crippen LogP contribution in [-0.2, 0) is 26.0 Å². The number of nitrogens with zero attached hydrogens (tertiary/aromatic N) is 2. The van der Waals surface area contributed by atoms with E-state index in [0.717, 1.165) is 33.8 Å². The standard InChI is InChI=1S/C33H43N3O6S/c1-7-8-17-34-33(38)26(4)35(18-16-27-12-10-9-11-13-27)32(37)23-36(28-20-24(2)19-25(3)21-28)43(39,40)29-14-15-30(41-5)31(22-29)42-6/h9-15,19-22,26H,7-8,16-18,23H2,1-6H3,(H,34,38). The van der Waals surface area contributed by atoms with Crippen LogP contribution in [0.3, 0.4) is 0 Å². The van der Waals surface area contributed by atoms with Gasteiger partial charge in [0.25, 0.3) is 10.0 Å². The molecule has 0 saturated carbocycles. The van der Waals surface area contributed by atoms with Crippen LogP contribution >= 0.6 is 0 Å². The van der Waals surface area contributed by atoms with Crippen molar-refractivity contribution < 1.29 is 27.5 Å². The molecule has 0 radical (unpaired) electrons. The predicted molar refractivity (Wildman–Crippen MR) is 169 cm³/mol. The smallest absolute Gasteiger partial charge is 0.264 e. The van der Waals surface area contributed by atoms with Crippen LogP contribution in [0, 0.1) is 13.8 Å². The van der Waals surface area contributed by atoms with Gasteiger partial charge >= 0.3 is 0 Å². The van der Waals surface area contributed by atoms with E-state index in [1.807, 2.05) is 57.2 Å². The summed E-state index contributed by atoms with van der Waals surface area (Å²) in [5, 5.41) is 2.91. The lowest BCUT2D eigenvalue weighted by Crippen LogP contribution is -2.52.